The summed E-state index contributed by atoms with van der Waals surface area (Å²) in [6.45, 7) is 9.38. The number of nitrogens with zero attached hydrogens (tertiary/aromatic N) is 2. The Kier molecular flexibility index (Phi) is 12.0. The van der Waals surface area contributed by atoms with E-state index in [-0.39, 0.29) is 0 Å². The molecular weight excluding hydrogens is 451 g/mol. The van der Waals surface area contributed by atoms with Crippen LogP contribution in [0.5, 0.6) is 0 Å². The molecule has 3 rings (SSSR count). The van der Waals surface area contributed by atoms with Gasteiger partial charge in [-0.1, -0.05) is 68.1 Å². The number of halogens is 3. The van der Waals surface area contributed by atoms with Crippen molar-refractivity contribution < 1.29 is 4.79 Å². The predicted molar refractivity (Wildman–Crippen MR) is 132 cm³/mol. The van der Waals surface area contributed by atoms with Gasteiger partial charge < -0.3 is 4.90 Å². The maximum Gasteiger partial charge on any atom is 0.222 e. The summed E-state index contributed by atoms with van der Waals surface area (Å²) in [5, 5.41) is 10.6. The molecule has 2 unspecified atom stereocenters. The summed E-state index contributed by atoms with van der Waals surface area (Å²) in [6, 6.07) is 12.9. The summed E-state index contributed by atoms with van der Waals surface area (Å²) in [5.74, 6) is 1.62. The van der Waals surface area contributed by atoms with Crippen LogP contribution in [0.2, 0.25) is 15.1 Å². The third-order valence-electron chi connectivity index (χ3n) is 5.45. The zero-order chi connectivity index (χ0) is 23.6. The van der Waals surface area contributed by atoms with E-state index in [9.17, 15) is 4.79 Å². The van der Waals surface area contributed by atoms with Gasteiger partial charge in [-0.15, -0.1) is 0 Å². The number of nitriles is 1. The predicted octanol–water partition coefficient (Wildman–Crippen LogP) is 7.59. The number of hydrogen-bond acceptors (Lipinski definition) is 2. The molecule has 0 saturated carbocycles. The van der Waals surface area contributed by atoms with E-state index in [1.54, 1.807) is 18.2 Å². The van der Waals surface area contributed by atoms with Crippen molar-refractivity contribution in [3.63, 3.8) is 0 Å². The normalized spacial score (nSPS) is 15.9. The van der Waals surface area contributed by atoms with E-state index in [1.165, 1.54) is 6.42 Å². The maximum atomic E-state index is 11.1. The fraction of sp³-hybridized carbons (Fsp3) is 0.440. The molecule has 2 atom stereocenters. The van der Waals surface area contributed by atoms with Gasteiger partial charge in [0.2, 0.25) is 5.91 Å². The van der Waals surface area contributed by atoms with E-state index < -0.39 is 0 Å². The Morgan fingerprint density at radius 1 is 1.13 bits per heavy atom. The second-order valence-electron chi connectivity index (χ2n) is 7.81. The molecule has 0 aromatic heterocycles. The van der Waals surface area contributed by atoms with Crippen molar-refractivity contribution in [2.75, 3.05) is 13.6 Å². The lowest BCUT2D eigenvalue weighted by Gasteiger charge is -2.15. The Morgan fingerprint density at radius 2 is 1.81 bits per heavy atom. The highest BCUT2D eigenvalue weighted by atomic mass is 35.5. The molecule has 1 amide bonds. The molecule has 1 saturated heterocycles. The lowest BCUT2D eigenvalue weighted by molar-refractivity contribution is -0.126. The van der Waals surface area contributed by atoms with E-state index in [2.05, 4.69) is 20.8 Å². The van der Waals surface area contributed by atoms with Crippen LogP contribution in [0.4, 0.5) is 0 Å². The summed E-state index contributed by atoms with van der Waals surface area (Å²) >= 11 is 17.3. The number of hydrogen-bond donors (Lipinski definition) is 0. The fourth-order valence-electron chi connectivity index (χ4n) is 3.14. The maximum absolute atomic E-state index is 11.1. The van der Waals surface area contributed by atoms with Gasteiger partial charge in [0.25, 0.3) is 0 Å². The Balaban J connectivity index is 0.000000233. The van der Waals surface area contributed by atoms with Crippen molar-refractivity contribution in [3.05, 3.63) is 68.2 Å². The number of carbonyl (C=O) groups excluding carboxylic acids is 1. The van der Waals surface area contributed by atoms with Crippen LogP contribution in [0.15, 0.2) is 36.4 Å². The van der Waals surface area contributed by atoms with E-state index >= 15 is 0 Å². The second-order valence-corrected chi connectivity index (χ2v) is 9.06. The van der Waals surface area contributed by atoms with Crippen LogP contribution in [0.3, 0.4) is 0 Å². The van der Waals surface area contributed by atoms with Crippen LogP contribution in [-0.2, 0) is 11.2 Å². The molecule has 0 radical (unpaired) electrons. The molecule has 31 heavy (non-hydrogen) atoms. The molecule has 1 aliphatic rings. The highest BCUT2D eigenvalue weighted by Gasteiger charge is 2.29. The molecule has 2 aromatic carbocycles. The van der Waals surface area contributed by atoms with E-state index in [4.69, 9.17) is 40.1 Å². The molecule has 0 aliphatic carbocycles. The number of benzene rings is 2. The van der Waals surface area contributed by atoms with Gasteiger partial charge in [0.05, 0.1) is 10.6 Å². The molecule has 0 bridgehead atoms. The summed E-state index contributed by atoms with van der Waals surface area (Å²) < 4.78 is 0. The average molecular weight is 482 g/mol. The van der Waals surface area contributed by atoms with Crippen molar-refractivity contribution >= 4 is 40.7 Å². The van der Waals surface area contributed by atoms with Crippen LogP contribution in [0.1, 0.15) is 50.3 Å². The Bertz CT molecular complexity index is 899. The minimum Gasteiger partial charge on any atom is -0.345 e. The number of aryl methyl sites for hydroxylation is 2. The quantitative estimate of drug-likeness (QED) is 0.453. The first kappa shape index (κ1) is 27.3. The minimum atomic E-state index is 0.315. The van der Waals surface area contributed by atoms with Crippen LogP contribution >= 0.6 is 34.8 Å². The number of amides is 1. The number of likely N-dealkylation sites (tertiary alicyclic amines) is 1. The average Bonchev–Trinajstić information content (AvgIpc) is 3.08. The molecule has 6 heteroatoms. The summed E-state index contributed by atoms with van der Waals surface area (Å²) in [4.78, 5) is 13.0. The molecule has 168 valence electrons. The van der Waals surface area contributed by atoms with Crippen molar-refractivity contribution in [2.45, 2.75) is 47.0 Å². The zero-order valence-electron chi connectivity index (χ0n) is 18.9. The van der Waals surface area contributed by atoms with Gasteiger partial charge in [-0.25, -0.2) is 0 Å². The molecule has 1 heterocycles. The van der Waals surface area contributed by atoms with E-state index in [0.717, 1.165) is 40.6 Å². The summed E-state index contributed by atoms with van der Waals surface area (Å²) in [7, 11) is 1.89. The van der Waals surface area contributed by atoms with Gasteiger partial charge >= 0.3 is 0 Å². The highest BCUT2D eigenvalue weighted by Crippen LogP contribution is 2.25. The SMILES string of the molecule is CCC(C)C1CC(=O)N(C)C1.CCc1cc(Cl)ccc1Cl.Cc1ccc(C#N)c(Cl)c1. The third-order valence-corrected chi connectivity index (χ3v) is 6.37. The van der Waals surface area contributed by atoms with Crippen LogP contribution in [0.25, 0.3) is 0 Å². The van der Waals surface area contributed by atoms with Gasteiger partial charge in [0, 0.05) is 30.1 Å². The molecule has 1 aliphatic heterocycles. The van der Waals surface area contributed by atoms with Crippen LogP contribution in [0, 0.1) is 30.1 Å². The fourth-order valence-corrected chi connectivity index (χ4v) is 3.86. The number of carbonyl (C=O) groups is 1. The second kappa shape index (κ2) is 13.6. The topological polar surface area (TPSA) is 44.1 Å². The Hall–Kier alpha value is -1.73. The molecule has 1 fully saturated rings. The molecule has 3 nitrogen and oxygen atoms in total. The van der Waals surface area contributed by atoms with Gasteiger partial charge in [0.1, 0.15) is 6.07 Å². The Labute approximate surface area is 201 Å². The number of rotatable bonds is 3. The lowest BCUT2D eigenvalue weighted by atomic mass is 9.91. The van der Waals surface area contributed by atoms with E-state index in [1.807, 2.05) is 43.1 Å². The van der Waals surface area contributed by atoms with Crippen molar-refractivity contribution in [2.24, 2.45) is 11.8 Å². The molecule has 2 aromatic rings. The monoisotopic (exact) mass is 480 g/mol. The van der Waals surface area contributed by atoms with Crippen molar-refractivity contribution in [1.29, 1.82) is 5.26 Å². The zero-order valence-corrected chi connectivity index (χ0v) is 21.2. The smallest absolute Gasteiger partial charge is 0.222 e. The third kappa shape index (κ3) is 9.11. The van der Waals surface area contributed by atoms with Crippen LogP contribution in [-0.4, -0.2) is 24.4 Å². The first-order chi connectivity index (χ1) is 14.6. The summed E-state index contributed by atoms with van der Waals surface area (Å²) in [6.07, 6.45) is 2.89. The van der Waals surface area contributed by atoms with Gasteiger partial charge in [-0.2, -0.15) is 5.26 Å². The lowest BCUT2D eigenvalue weighted by Crippen LogP contribution is -2.20. The first-order valence-corrected chi connectivity index (χ1v) is 11.6. The largest absolute Gasteiger partial charge is 0.345 e. The highest BCUT2D eigenvalue weighted by molar-refractivity contribution is 6.33. The van der Waals surface area contributed by atoms with Crippen molar-refractivity contribution in [3.8, 4) is 6.07 Å². The van der Waals surface area contributed by atoms with Gasteiger partial charge in [-0.3, -0.25) is 4.79 Å². The van der Waals surface area contributed by atoms with Crippen LogP contribution < -0.4 is 0 Å². The standard InChI is InChI=1S/C9H17NO.C8H8Cl2.C8H6ClN/c1-4-7(2)8-5-9(11)10(3)6-8;1-2-6-5-7(9)3-4-8(6)10;1-6-2-3-7(5-10)8(9)4-6/h7-8H,4-6H2,1-3H3;3-5H,2H2,1H3;2-4H,1H3. The Morgan fingerprint density at radius 3 is 2.26 bits per heavy atom. The first-order valence-electron chi connectivity index (χ1n) is 10.5. The molecule has 0 spiro atoms. The van der Waals surface area contributed by atoms with Crippen molar-refractivity contribution in [1.82, 2.24) is 4.90 Å². The molecule has 0 N–H and O–H groups in total. The summed E-state index contributed by atoms with van der Waals surface area (Å²) in [5.41, 5.74) is 2.71. The minimum absolute atomic E-state index is 0.315. The molecular formula is C25H31Cl3N2O. The van der Waals surface area contributed by atoms with Gasteiger partial charge in [0.15, 0.2) is 0 Å². The van der Waals surface area contributed by atoms with Gasteiger partial charge in [-0.05, 0) is 66.6 Å². The van der Waals surface area contributed by atoms with E-state index in [0.29, 0.717) is 28.3 Å².